The lowest BCUT2D eigenvalue weighted by molar-refractivity contribution is -0.223. The Bertz CT molecular complexity index is 450. The van der Waals surface area contributed by atoms with Crippen molar-refractivity contribution in [3.8, 4) is 0 Å². The van der Waals surface area contributed by atoms with Crippen molar-refractivity contribution < 1.29 is 24.2 Å². The van der Waals surface area contributed by atoms with Crippen LogP contribution in [0.5, 0.6) is 0 Å². The first-order chi connectivity index (χ1) is 8.22. The molecule has 0 unspecified atom stereocenters. The number of fused-ring (bicyclic) bond motifs is 1. The Balaban J connectivity index is 2.09. The van der Waals surface area contributed by atoms with Gasteiger partial charge < -0.3 is 19.9 Å². The van der Waals surface area contributed by atoms with Crippen molar-refractivity contribution in [1.29, 1.82) is 0 Å². The summed E-state index contributed by atoms with van der Waals surface area (Å²) in [4.78, 5) is 23.9. The van der Waals surface area contributed by atoms with Gasteiger partial charge in [-0.25, -0.2) is 0 Å². The highest BCUT2D eigenvalue weighted by Gasteiger charge is 2.77. The number of hydrogen-bond acceptors (Lipinski definition) is 5. The van der Waals surface area contributed by atoms with Crippen LogP contribution in [0.2, 0.25) is 0 Å². The second kappa shape index (κ2) is 3.12. The first kappa shape index (κ1) is 12.1. The van der Waals surface area contributed by atoms with Crippen molar-refractivity contribution in [3.05, 3.63) is 0 Å². The predicted molar refractivity (Wildman–Crippen MR) is 59.3 cm³/mol. The molecule has 2 N–H and O–H groups in total. The molecular weight excluding hydrogens is 238 g/mol. The largest absolute Gasteiger partial charge is 0.371 e. The molecule has 6 nitrogen and oxygen atoms in total. The summed E-state index contributed by atoms with van der Waals surface area (Å²) in [5, 5.41) is 13.0. The smallest absolute Gasteiger partial charge is 0.265 e. The molecule has 3 fully saturated rings. The molecule has 4 atom stereocenters. The summed E-state index contributed by atoms with van der Waals surface area (Å²) in [6.45, 7) is 5.62. The average molecular weight is 255 g/mol. The zero-order valence-electron chi connectivity index (χ0n) is 10.6. The van der Waals surface area contributed by atoms with E-state index in [4.69, 9.17) is 9.47 Å². The van der Waals surface area contributed by atoms with E-state index in [1.54, 1.807) is 6.92 Å². The van der Waals surface area contributed by atoms with Gasteiger partial charge in [-0.3, -0.25) is 9.59 Å². The van der Waals surface area contributed by atoms with E-state index in [-0.39, 0.29) is 12.3 Å². The molecule has 0 aromatic carbocycles. The molecule has 100 valence electrons. The molecule has 3 aliphatic rings. The lowest BCUT2D eigenvalue weighted by atomic mass is 9.83. The van der Waals surface area contributed by atoms with Crippen molar-refractivity contribution in [1.82, 2.24) is 5.32 Å². The van der Waals surface area contributed by atoms with Gasteiger partial charge in [-0.15, -0.1) is 0 Å². The van der Waals surface area contributed by atoms with E-state index in [2.05, 4.69) is 5.32 Å². The van der Waals surface area contributed by atoms with E-state index in [9.17, 15) is 14.7 Å². The van der Waals surface area contributed by atoms with Crippen molar-refractivity contribution in [2.75, 3.05) is 0 Å². The van der Waals surface area contributed by atoms with Crippen LogP contribution in [-0.2, 0) is 19.1 Å². The number of carbonyl (C=O) groups is 2. The molecule has 3 heterocycles. The first-order valence-electron chi connectivity index (χ1n) is 6.18. The summed E-state index contributed by atoms with van der Waals surface area (Å²) in [5.74, 6) is -2.05. The third-order valence-corrected chi connectivity index (χ3v) is 3.86. The number of rotatable bonds is 2. The summed E-state index contributed by atoms with van der Waals surface area (Å²) in [6.07, 6.45) is -0.562. The molecule has 0 radical (unpaired) electrons. The van der Waals surface area contributed by atoms with E-state index in [0.717, 1.165) is 0 Å². The molecule has 3 aliphatic heterocycles. The number of amides is 1. The van der Waals surface area contributed by atoms with Gasteiger partial charge in [0.15, 0.2) is 23.4 Å². The molecule has 6 heteroatoms. The lowest BCUT2D eigenvalue weighted by Gasteiger charge is -2.34. The fraction of sp³-hybridized carbons (Fsp3) is 0.833. The van der Waals surface area contributed by atoms with Crippen molar-refractivity contribution in [2.24, 2.45) is 5.92 Å². The minimum absolute atomic E-state index is 0.104. The van der Waals surface area contributed by atoms with Crippen molar-refractivity contribution >= 4 is 11.7 Å². The van der Waals surface area contributed by atoms with E-state index < -0.39 is 34.9 Å². The molecule has 3 rings (SSSR count). The Morgan fingerprint density at radius 3 is 2.78 bits per heavy atom. The maximum atomic E-state index is 12.0. The highest BCUT2D eigenvalue weighted by atomic mass is 16.8. The second-order valence-electron chi connectivity index (χ2n) is 6.04. The predicted octanol–water partition coefficient (Wildman–Crippen LogP) is -0.306. The van der Waals surface area contributed by atoms with Crippen LogP contribution < -0.4 is 5.32 Å². The SMILES string of the molecule is CC(C)C[C@]12NC(=O)[C@@]3(O)C(=O)C[C@](C)(O[C@H]31)O2. The number of carbonyl (C=O) groups excluding carboxylic acids is 2. The van der Waals surface area contributed by atoms with Crippen molar-refractivity contribution in [3.63, 3.8) is 0 Å². The monoisotopic (exact) mass is 255 g/mol. The third-order valence-electron chi connectivity index (χ3n) is 3.86. The van der Waals surface area contributed by atoms with Gasteiger partial charge in [0.2, 0.25) is 5.60 Å². The lowest BCUT2D eigenvalue weighted by Crippen LogP contribution is -2.59. The fourth-order valence-corrected chi connectivity index (χ4v) is 3.31. The van der Waals surface area contributed by atoms with Gasteiger partial charge in [-0.05, 0) is 12.8 Å². The molecule has 0 aliphatic carbocycles. The summed E-state index contributed by atoms with van der Waals surface area (Å²) in [6, 6.07) is 0. The Kier molecular flexibility index (Phi) is 2.09. The highest BCUT2D eigenvalue weighted by Crippen LogP contribution is 2.52. The van der Waals surface area contributed by atoms with Crippen LogP contribution in [0, 0.1) is 5.92 Å². The Morgan fingerprint density at radius 2 is 2.17 bits per heavy atom. The van der Waals surface area contributed by atoms with Crippen LogP contribution in [0.15, 0.2) is 0 Å². The minimum Gasteiger partial charge on any atom is -0.371 e. The molecule has 0 spiro atoms. The van der Waals surface area contributed by atoms with Crippen LogP contribution in [-0.4, -0.2) is 40.0 Å². The van der Waals surface area contributed by atoms with E-state index >= 15 is 0 Å². The molecule has 3 saturated heterocycles. The van der Waals surface area contributed by atoms with Gasteiger partial charge in [-0.1, -0.05) is 13.8 Å². The van der Waals surface area contributed by atoms with Gasteiger partial charge in [-0.2, -0.15) is 0 Å². The van der Waals surface area contributed by atoms with Gasteiger partial charge >= 0.3 is 0 Å². The maximum absolute atomic E-state index is 12.0. The van der Waals surface area contributed by atoms with Gasteiger partial charge in [0.05, 0.1) is 6.42 Å². The van der Waals surface area contributed by atoms with E-state index in [1.807, 2.05) is 13.8 Å². The topological polar surface area (TPSA) is 84.9 Å². The summed E-state index contributed by atoms with van der Waals surface area (Å²) >= 11 is 0. The average Bonchev–Trinajstić information content (AvgIpc) is 2.54. The molecule has 0 aromatic rings. The maximum Gasteiger partial charge on any atom is 0.265 e. The molecule has 2 bridgehead atoms. The highest BCUT2D eigenvalue weighted by molar-refractivity contribution is 6.13. The summed E-state index contributed by atoms with van der Waals surface area (Å²) < 4.78 is 11.5. The quantitative estimate of drug-likeness (QED) is 0.661. The van der Waals surface area contributed by atoms with Crippen LogP contribution in [0.1, 0.15) is 33.6 Å². The number of Topliss-reactive ketones (excluding diaryl/α,β-unsaturated/α-hetero) is 1. The van der Waals surface area contributed by atoms with Gasteiger partial charge in [0.1, 0.15) is 0 Å². The Hall–Kier alpha value is -0.980. The second-order valence-corrected chi connectivity index (χ2v) is 6.04. The van der Waals surface area contributed by atoms with Crippen LogP contribution in [0.3, 0.4) is 0 Å². The standard InChI is InChI=1S/C12H17NO5/c1-6(2)4-11-8-12(16,9(15)13-11)7(14)5-10(3,17-8)18-11/h6,8,16H,4-5H2,1-3H3,(H,13,15)/t8-,10+,11+,12+/m0/s1. The van der Waals surface area contributed by atoms with Crippen LogP contribution in [0.25, 0.3) is 0 Å². The fourth-order valence-electron chi connectivity index (χ4n) is 3.31. The minimum atomic E-state index is -2.09. The van der Waals surface area contributed by atoms with E-state index in [0.29, 0.717) is 6.42 Å². The number of ether oxygens (including phenoxy) is 2. The van der Waals surface area contributed by atoms with Gasteiger partial charge in [0, 0.05) is 6.42 Å². The molecule has 1 amide bonds. The third kappa shape index (κ3) is 1.23. The van der Waals surface area contributed by atoms with E-state index in [1.165, 1.54) is 0 Å². The molecular formula is C12H17NO5. The van der Waals surface area contributed by atoms with Crippen LogP contribution >= 0.6 is 0 Å². The number of aliphatic hydroxyl groups is 1. The first-order valence-corrected chi connectivity index (χ1v) is 6.18. The Labute approximate surface area is 105 Å². The zero-order chi connectivity index (χ0) is 13.3. The number of hydrogen-bond donors (Lipinski definition) is 2. The molecule has 18 heavy (non-hydrogen) atoms. The van der Waals surface area contributed by atoms with Crippen LogP contribution in [0.4, 0.5) is 0 Å². The summed E-state index contributed by atoms with van der Waals surface area (Å²) in [5.41, 5.74) is -3.17. The normalized spacial score (nSPS) is 49.9. The molecule has 0 saturated carbocycles. The van der Waals surface area contributed by atoms with Crippen molar-refractivity contribution in [2.45, 2.75) is 56.8 Å². The number of ketones is 1. The Morgan fingerprint density at radius 1 is 1.50 bits per heavy atom. The zero-order valence-corrected chi connectivity index (χ0v) is 10.6. The number of nitrogens with one attached hydrogen (secondary N) is 1. The molecule has 0 aromatic heterocycles. The summed E-state index contributed by atoms with van der Waals surface area (Å²) in [7, 11) is 0. The van der Waals surface area contributed by atoms with Gasteiger partial charge in [0.25, 0.3) is 5.91 Å².